The van der Waals surface area contributed by atoms with Crippen molar-refractivity contribution in [3.05, 3.63) is 24.3 Å². The maximum atomic E-state index is 12.5. The third kappa shape index (κ3) is 4.05. The second kappa shape index (κ2) is 5.41. The predicted molar refractivity (Wildman–Crippen MR) is 53.8 cm³/mol. The van der Waals surface area contributed by atoms with Gasteiger partial charge in [-0.15, -0.1) is 0 Å². The molecule has 0 aliphatic heterocycles. The van der Waals surface area contributed by atoms with Gasteiger partial charge >= 0.3 is 12.1 Å². The molecule has 0 unspecified atom stereocenters. The first kappa shape index (κ1) is 14.5. The second-order valence-electron chi connectivity index (χ2n) is 3.65. The summed E-state index contributed by atoms with van der Waals surface area (Å²) < 4.78 is 65.4. The highest BCUT2D eigenvalue weighted by Gasteiger charge is 2.56. The first-order valence-corrected chi connectivity index (χ1v) is 5.09. The van der Waals surface area contributed by atoms with Crippen molar-refractivity contribution in [3.63, 3.8) is 0 Å². The molecule has 102 valence electrons. The largest absolute Gasteiger partial charge is 0.508 e. The maximum Gasteiger partial charge on any atom is 0.453 e. The van der Waals surface area contributed by atoms with Crippen LogP contribution >= 0.6 is 0 Å². The Kier molecular flexibility index (Phi) is 4.37. The lowest BCUT2D eigenvalue weighted by Gasteiger charge is -2.19. The number of ether oxygens (including phenoxy) is 1. The molecular weight excluding hydrogens is 259 g/mol. The van der Waals surface area contributed by atoms with E-state index in [1.165, 1.54) is 24.3 Å². The van der Waals surface area contributed by atoms with E-state index in [0.29, 0.717) is 5.75 Å². The summed E-state index contributed by atoms with van der Waals surface area (Å²) in [5.41, 5.74) is 0. The average Bonchev–Trinajstić information content (AvgIpc) is 2.25. The van der Waals surface area contributed by atoms with Gasteiger partial charge in [-0.05, 0) is 30.7 Å². The molecule has 0 radical (unpaired) electrons. The van der Waals surface area contributed by atoms with Crippen LogP contribution < -0.4 is 4.74 Å². The van der Waals surface area contributed by atoms with Crippen molar-refractivity contribution >= 4 is 0 Å². The fourth-order valence-electron chi connectivity index (χ4n) is 1.17. The zero-order chi connectivity index (χ0) is 13.8. The number of halogens is 5. The van der Waals surface area contributed by atoms with E-state index >= 15 is 0 Å². The Morgan fingerprint density at radius 2 is 1.56 bits per heavy atom. The summed E-state index contributed by atoms with van der Waals surface area (Å²) in [6.07, 6.45) is -7.26. The van der Waals surface area contributed by atoms with E-state index in [4.69, 9.17) is 9.84 Å². The Balaban J connectivity index is 2.33. The molecule has 0 saturated heterocycles. The summed E-state index contributed by atoms with van der Waals surface area (Å²) >= 11 is 0. The summed E-state index contributed by atoms with van der Waals surface area (Å²) in [5.74, 6) is -4.39. The van der Waals surface area contributed by atoms with Gasteiger partial charge in [0.1, 0.15) is 11.5 Å². The average molecular weight is 270 g/mol. The Bertz CT molecular complexity index is 372. The molecule has 0 heterocycles. The third-order valence-electron chi connectivity index (χ3n) is 2.16. The van der Waals surface area contributed by atoms with Crippen LogP contribution in [0.2, 0.25) is 0 Å². The standard InChI is InChI=1S/C11H11F5O2/c12-10(13,11(14,15)16)6-1-7-18-9-4-2-8(17)3-5-9/h2-5,17H,1,6-7H2. The molecule has 0 amide bonds. The van der Waals surface area contributed by atoms with Gasteiger partial charge in [0.15, 0.2) is 0 Å². The molecular formula is C11H11F5O2. The van der Waals surface area contributed by atoms with E-state index in [9.17, 15) is 22.0 Å². The SMILES string of the molecule is Oc1ccc(OCCCC(F)(F)C(F)(F)F)cc1. The molecule has 2 nitrogen and oxygen atoms in total. The summed E-state index contributed by atoms with van der Waals surface area (Å²) in [4.78, 5) is 0. The minimum Gasteiger partial charge on any atom is -0.508 e. The van der Waals surface area contributed by atoms with Gasteiger partial charge in [-0.1, -0.05) is 0 Å². The molecule has 0 saturated carbocycles. The Morgan fingerprint density at radius 1 is 1.00 bits per heavy atom. The molecule has 0 spiro atoms. The quantitative estimate of drug-likeness (QED) is 0.652. The van der Waals surface area contributed by atoms with Gasteiger partial charge in [-0.3, -0.25) is 0 Å². The highest BCUT2D eigenvalue weighted by atomic mass is 19.4. The minimum atomic E-state index is -5.52. The molecule has 18 heavy (non-hydrogen) atoms. The predicted octanol–water partition coefficient (Wildman–Crippen LogP) is 3.75. The van der Waals surface area contributed by atoms with Crippen molar-refractivity contribution in [1.29, 1.82) is 0 Å². The van der Waals surface area contributed by atoms with Crippen molar-refractivity contribution in [2.24, 2.45) is 0 Å². The van der Waals surface area contributed by atoms with Crippen LogP contribution in [-0.2, 0) is 0 Å². The number of phenolic OH excluding ortho intramolecular Hbond substituents is 1. The second-order valence-corrected chi connectivity index (χ2v) is 3.65. The zero-order valence-electron chi connectivity index (χ0n) is 9.18. The molecule has 1 rings (SSSR count). The summed E-state index contributed by atoms with van der Waals surface area (Å²) in [6.45, 7) is -0.254. The molecule has 0 fully saturated rings. The molecule has 1 N–H and O–H groups in total. The van der Waals surface area contributed by atoms with E-state index in [1.807, 2.05) is 0 Å². The first-order chi connectivity index (χ1) is 8.22. The molecule has 7 heteroatoms. The third-order valence-corrected chi connectivity index (χ3v) is 2.16. The van der Waals surface area contributed by atoms with E-state index < -0.39 is 24.9 Å². The highest BCUT2D eigenvalue weighted by Crippen LogP contribution is 2.38. The van der Waals surface area contributed by atoms with E-state index in [1.54, 1.807) is 0 Å². The fourth-order valence-corrected chi connectivity index (χ4v) is 1.17. The summed E-state index contributed by atoms with van der Waals surface area (Å²) in [6, 6.07) is 5.41. The van der Waals surface area contributed by atoms with Crippen molar-refractivity contribution in [1.82, 2.24) is 0 Å². The van der Waals surface area contributed by atoms with Crippen molar-refractivity contribution in [2.45, 2.75) is 24.9 Å². The summed E-state index contributed by atoms with van der Waals surface area (Å²) in [7, 11) is 0. The van der Waals surface area contributed by atoms with Gasteiger partial charge in [-0.2, -0.15) is 22.0 Å². The molecule has 0 bridgehead atoms. The maximum absolute atomic E-state index is 12.5. The van der Waals surface area contributed by atoms with Crippen molar-refractivity contribution in [3.8, 4) is 11.5 Å². The lowest BCUT2D eigenvalue weighted by molar-refractivity contribution is -0.284. The summed E-state index contributed by atoms with van der Waals surface area (Å²) in [5, 5.41) is 8.94. The molecule has 0 aliphatic rings. The van der Waals surface area contributed by atoms with Crippen molar-refractivity contribution in [2.75, 3.05) is 6.61 Å². The van der Waals surface area contributed by atoms with Gasteiger partial charge in [0.2, 0.25) is 0 Å². The Labute approximate surface area is 100.0 Å². The molecule has 0 aromatic heterocycles. The van der Waals surface area contributed by atoms with Gasteiger partial charge < -0.3 is 9.84 Å². The van der Waals surface area contributed by atoms with Crippen LogP contribution in [0.25, 0.3) is 0 Å². The molecule has 1 aromatic rings. The number of benzene rings is 1. The monoisotopic (exact) mass is 270 g/mol. The van der Waals surface area contributed by atoms with Crippen LogP contribution in [0, 0.1) is 0 Å². The van der Waals surface area contributed by atoms with E-state index in [2.05, 4.69) is 0 Å². The van der Waals surface area contributed by atoms with Gasteiger partial charge in [0.05, 0.1) is 6.61 Å². The van der Waals surface area contributed by atoms with Crippen molar-refractivity contribution < 1.29 is 31.8 Å². The first-order valence-electron chi connectivity index (χ1n) is 5.09. The Morgan fingerprint density at radius 3 is 2.06 bits per heavy atom. The number of phenols is 1. The number of aromatic hydroxyl groups is 1. The topological polar surface area (TPSA) is 29.5 Å². The van der Waals surface area contributed by atoms with E-state index in [-0.39, 0.29) is 12.4 Å². The van der Waals surface area contributed by atoms with E-state index in [0.717, 1.165) is 0 Å². The molecule has 0 aliphatic carbocycles. The smallest absolute Gasteiger partial charge is 0.453 e. The van der Waals surface area contributed by atoms with Crippen LogP contribution in [0.4, 0.5) is 22.0 Å². The number of rotatable bonds is 5. The van der Waals surface area contributed by atoms with Gasteiger partial charge in [-0.25, -0.2) is 0 Å². The molecule has 0 atom stereocenters. The lowest BCUT2D eigenvalue weighted by Crippen LogP contribution is -2.36. The molecule has 1 aromatic carbocycles. The van der Waals surface area contributed by atoms with Crippen LogP contribution in [0.1, 0.15) is 12.8 Å². The number of hydrogen-bond donors (Lipinski definition) is 1. The normalized spacial score (nSPS) is 12.5. The minimum absolute atomic E-state index is 0.00551. The number of alkyl halides is 5. The van der Waals surface area contributed by atoms with Crippen LogP contribution in [0.3, 0.4) is 0 Å². The van der Waals surface area contributed by atoms with Gasteiger partial charge in [0, 0.05) is 6.42 Å². The Hall–Kier alpha value is -1.53. The number of hydrogen-bond acceptors (Lipinski definition) is 2. The lowest BCUT2D eigenvalue weighted by atomic mass is 10.2. The van der Waals surface area contributed by atoms with Gasteiger partial charge in [0.25, 0.3) is 0 Å². The fraction of sp³-hybridized carbons (Fsp3) is 0.455. The van der Waals surface area contributed by atoms with Crippen LogP contribution in [0.15, 0.2) is 24.3 Å². The zero-order valence-corrected chi connectivity index (χ0v) is 9.18. The van der Waals surface area contributed by atoms with Crippen LogP contribution in [-0.4, -0.2) is 23.8 Å². The highest BCUT2D eigenvalue weighted by molar-refractivity contribution is 5.29. The van der Waals surface area contributed by atoms with Crippen LogP contribution in [0.5, 0.6) is 11.5 Å².